The van der Waals surface area contributed by atoms with Crippen LogP contribution in [0.25, 0.3) is 10.9 Å². The fraction of sp³-hybridized carbons (Fsp3) is 0.533. The third kappa shape index (κ3) is 3.31. The predicted molar refractivity (Wildman–Crippen MR) is 84.3 cm³/mol. The maximum absolute atomic E-state index is 4.47. The molecule has 0 bridgehead atoms. The number of aromatic nitrogens is 2. The van der Waals surface area contributed by atoms with Gasteiger partial charge in [-0.2, -0.15) is 5.10 Å². The quantitative estimate of drug-likeness (QED) is 0.861. The molecule has 104 valence electrons. The standard InChI is InChI=1S/C15H23N3S/c1-10(17-19-15(3,4)5)12-7-8-14-13(9-12)11(2)16-18(14)6/h7-10,17H,1-6H3. The van der Waals surface area contributed by atoms with Crippen LogP contribution in [0.2, 0.25) is 0 Å². The molecule has 3 nitrogen and oxygen atoms in total. The number of nitrogens with one attached hydrogen (secondary N) is 1. The van der Waals surface area contributed by atoms with E-state index in [2.05, 4.69) is 62.6 Å². The molecule has 0 saturated heterocycles. The van der Waals surface area contributed by atoms with Gasteiger partial charge in [-0.1, -0.05) is 18.0 Å². The average Bonchev–Trinajstić information content (AvgIpc) is 2.61. The molecule has 4 heteroatoms. The van der Waals surface area contributed by atoms with E-state index in [1.807, 2.05) is 11.7 Å². The van der Waals surface area contributed by atoms with Crippen molar-refractivity contribution in [2.24, 2.45) is 7.05 Å². The molecule has 1 atom stereocenters. The molecule has 1 aromatic heterocycles. The Bertz CT molecular complexity index is 581. The lowest BCUT2D eigenvalue weighted by atomic mass is 10.1. The number of aryl methyl sites for hydroxylation is 2. The van der Waals surface area contributed by atoms with E-state index in [4.69, 9.17) is 0 Å². The van der Waals surface area contributed by atoms with E-state index in [0.29, 0.717) is 6.04 Å². The van der Waals surface area contributed by atoms with Crippen LogP contribution < -0.4 is 4.72 Å². The zero-order chi connectivity index (χ0) is 14.2. The van der Waals surface area contributed by atoms with E-state index < -0.39 is 0 Å². The van der Waals surface area contributed by atoms with Crippen LogP contribution in [0.4, 0.5) is 0 Å². The van der Waals surface area contributed by atoms with Crippen LogP contribution in [0, 0.1) is 6.92 Å². The van der Waals surface area contributed by atoms with Gasteiger partial charge in [-0.05, 0) is 52.3 Å². The van der Waals surface area contributed by atoms with Crippen LogP contribution in [0.15, 0.2) is 18.2 Å². The summed E-state index contributed by atoms with van der Waals surface area (Å²) in [5.74, 6) is 0. The van der Waals surface area contributed by atoms with Gasteiger partial charge in [0, 0.05) is 23.2 Å². The Morgan fingerprint density at radius 2 is 2.00 bits per heavy atom. The second-order valence-electron chi connectivity index (χ2n) is 6.04. The number of nitrogens with zero attached hydrogens (tertiary/aromatic N) is 2. The third-order valence-corrected chi connectivity index (χ3v) is 4.18. The number of hydrogen-bond donors (Lipinski definition) is 1. The van der Waals surface area contributed by atoms with E-state index in [1.165, 1.54) is 16.5 Å². The molecule has 2 aromatic rings. The lowest BCUT2D eigenvalue weighted by Gasteiger charge is -2.22. The van der Waals surface area contributed by atoms with Crippen LogP contribution in [-0.4, -0.2) is 14.5 Å². The molecule has 0 fully saturated rings. The molecule has 0 aliphatic carbocycles. The first-order valence-corrected chi connectivity index (χ1v) is 7.46. The summed E-state index contributed by atoms with van der Waals surface area (Å²) >= 11 is 1.78. The van der Waals surface area contributed by atoms with Crippen molar-refractivity contribution in [3.05, 3.63) is 29.5 Å². The van der Waals surface area contributed by atoms with Crippen LogP contribution in [-0.2, 0) is 7.05 Å². The second-order valence-corrected chi connectivity index (χ2v) is 7.70. The van der Waals surface area contributed by atoms with Gasteiger partial charge in [0.05, 0.1) is 11.2 Å². The number of fused-ring (bicyclic) bond motifs is 1. The Balaban J connectivity index is 2.23. The summed E-state index contributed by atoms with van der Waals surface area (Å²) in [6.45, 7) is 10.9. The van der Waals surface area contributed by atoms with E-state index in [1.54, 1.807) is 11.9 Å². The van der Waals surface area contributed by atoms with Crippen molar-refractivity contribution in [2.45, 2.75) is 45.4 Å². The zero-order valence-electron chi connectivity index (χ0n) is 12.6. The Hall–Kier alpha value is -1.00. The fourth-order valence-electron chi connectivity index (χ4n) is 2.06. The Morgan fingerprint density at radius 3 is 2.63 bits per heavy atom. The van der Waals surface area contributed by atoms with E-state index in [0.717, 1.165) is 5.69 Å². The molecule has 0 spiro atoms. The van der Waals surface area contributed by atoms with Gasteiger partial charge in [0.2, 0.25) is 0 Å². The van der Waals surface area contributed by atoms with Gasteiger partial charge in [0.25, 0.3) is 0 Å². The zero-order valence-corrected chi connectivity index (χ0v) is 13.4. The van der Waals surface area contributed by atoms with Crippen LogP contribution in [0.3, 0.4) is 0 Å². The number of hydrogen-bond acceptors (Lipinski definition) is 3. The summed E-state index contributed by atoms with van der Waals surface area (Å²) in [5, 5.41) is 5.71. The monoisotopic (exact) mass is 277 g/mol. The lowest BCUT2D eigenvalue weighted by molar-refractivity contribution is 0.725. The molecule has 0 radical (unpaired) electrons. The van der Waals surface area contributed by atoms with Gasteiger partial charge in [0.1, 0.15) is 0 Å². The Morgan fingerprint density at radius 1 is 1.32 bits per heavy atom. The number of benzene rings is 1. The van der Waals surface area contributed by atoms with Gasteiger partial charge < -0.3 is 0 Å². The second kappa shape index (κ2) is 5.17. The maximum atomic E-state index is 4.47. The topological polar surface area (TPSA) is 29.9 Å². The van der Waals surface area contributed by atoms with Crippen molar-refractivity contribution in [1.29, 1.82) is 0 Å². The number of rotatable bonds is 3. The van der Waals surface area contributed by atoms with Crippen molar-refractivity contribution < 1.29 is 0 Å². The first-order chi connectivity index (χ1) is 8.78. The Kier molecular flexibility index (Phi) is 3.92. The fourth-order valence-corrected chi connectivity index (χ4v) is 2.73. The summed E-state index contributed by atoms with van der Waals surface area (Å²) < 4.78 is 5.68. The van der Waals surface area contributed by atoms with Crippen LogP contribution in [0.5, 0.6) is 0 Å². The van der Waals surface area contributed by atoms with Gasteiger partial charge >= 0.3 is 0 Å². The summed E-state index contributed by atoms with van der Waals surface area (Å²) in [7, 11) is 1.99. The molecule has 0 saturated carbocycles. The van der Waals surface area contributed by atoms with Gasteiger partial charge in [0.15, 0.2) is 0 Å². The first-order valence-electron chi connectivity index (χ1n) is 6.65. The van der Waals surface area contributed by atoms with E-state index >= 15 is 0 Å². The van der Waals surface area contributed by atoms with Crippen LogP contribution >= 0.6 is 11.9 Å². The summed E-state index contributed by atoms with van der Waals surface area (Å²) in [6, 6.07) is 6.92. The lowest BCUT2D eigenvalue weighted by Crippen LogP contribution is -2.19. The SMILES string of the molecule is Cc1nn(C)c2ccc(C(C)NSC(C)(C)C)cc12. The Labute approximate surface area is 119 Å². The molecular formula is C15H23N3S. The van der Waals surface area contributed by atoms with E-state index in [9.17, 15) is 0 Å². The predicted octanol–water partition coefficient (Wildman–Crippen LogP) is 3.98. The summed E-state index contributed by atoms with van der Waals surface area (Å²) in [4.78, 5) is 0. The molecule has 0 aliphatic heterocycles. The summed E-state index contributed by atoms with van der Waals surface area (Å²) in [5.41, 5.74) is 3.59. The minimum Gasteiger partial charge on any atom is -0.268 e. The summed E-state index contributed by atoms with van der Waals surface area (Å²) in [6.07, 6.45) is 0. The molecule has 1 heterocycles. The highest BCUT2D eigenvalue weighted by atomic mass is 32.2. The van der Waals surface area contributed by atoms with Crippen molar-refractivity contribution in [1.82, 2.24) is 14.5 Å². The smallest absolute Gasteiger partial charge is 0.0682 e. The molecule has 2 rings (SSSR count). The normalized spacial score (nSPS) is 14.0. The highest BCUT2D eigenvalue weighted by Crippen LogP contribution is 2.27. The first kappa shape index (κ1) is 14.4. The minimum atomic E-state index is 0.225. The largest absolute Gasteiger partial charge is 0.268 e. The highest BCUT2D eigenvalue weighted by molar-refractivity contribution is 7.98. The molecule has 0 amide bonds. The molecule has 1 aromatic carbocycles. The van der Waals surface area contributed by atoms with Crippen molar-refractivity contribution in [3.8, 4) is 0 Å². The molecule has 1 unspecified atom stereocenters. The molecule has 1 N–H and O–H groups in total. The van der Waals surface area contributed by atoms with Crippen LogP contribution in [0.1, 0.15) is 45.0 Å². The van der Waals surface area contributed by atoms with Gasteiger partial charge in [-0.15, -0.1) is 0 Å². The third-order valence-electron chi connectivity index (χ3n) is 3.10. The minimum absolute atomic E-state index is 0.225. The average molecular weight is 277 g/mol. The molecular weight excluding hydrogens is 254 g/mol. The van der Waals surface area contributed by atoms with Crippen molar-refractivity contribution in [3.63, 3.8) is 0 Å². The van der Waals surface area contributed by atoms with Gasteiger partial charge in [-0.3, -0.25) is 9.40 Å². The van der Waals surface area contributed by atoms with E-state index in [-0.39, 0.29) is 4.75 Å². The maximum Gasteiger partial charge on any atom is 0.0682 e. The highest BCUT2D eigenvalue weighted by Gasteiger charge is 2.14. The van der Waals surface area contributed by atoms with Crippen molar-refractivity contribution in [2.75, 3.05) is 0 Å². The van der Waals surface area contributed by atoms with Gasteiger partial charge in [-0.25, -0.2) is 0 Å². The molecule has 0 aliphatic rings. The van der Waals surface area contributed by atoms with Crippen molar-refractivity contribution >= 4 is 22.9 Å². The molecule has 19 heavy (non-hydrogen) atoms.